The molecule has 0 spiro atoms. The number of rotatable bonds is 3. The van der Waals surface area contributed by atoms with E-state index in [4.69, 9.17) is 4.74 Å². The smallest absolute Gasteiger partial charge is 0.416 e. The molecule has 4 rings (SSSR count). The van der Waals surface area contributed by atoms with E-state index in [1.165, 1.54) is 0 Å². The average Bonchev–Trinajstić information content (AvgIpc) is 2.77. The van der Waals surface area contributed by atoms with E-state index in [0.717, 1.165) is 41.0 Å². The summed E-state index contributed by atoms with van der Waals surface area (Å²) >= 11 is 0. The Morgan fingerprint density at radius 3 is 2.35 bits per heavy atom. The zero-order valence-electron chi connectivity index (χ0n) is 16.6. The number of aryl methyl sites for hydroxylation is 1. The standard InChI is InChI=1S/C24H19F3N2O2/c1-15-6-8-16(9-7-15)22-14-20(19-4-2-3-5-21(19)31-22)28-29-23(30)17-10-12-18(13-11-17)24(25,26)27/h2-13,22H,14H2,1H3,(H,29,30)/b28-20+. The Balaban J connectivity index is 1.56. The second-order valence-electron chi connectivity index (χ2n) is 7.29. The van der Waals surface area contributed by atoms with E-state index in [2.05, 4.69) is 10.5 Å². The first-order valence-electron chi connectivity index (χ1n) is 9.68. The van der Waals surface area contributed by atoms with Gasteiger partial charge in [0, 0.05) is 17.5 Å². The maximum atomic E-state index is 12.7. The molecule has 4 nitrogen and oxygen atoms in total. The van der Waals surface area contributed by atoms with Crippen LogP contribution in [-0.2, 0) is 6.18 Å². The highest BCUT2D eigenvalue weighted by atomic mass is 19.4. The van der Waals surface area contributed by atoms with Crippen LogP contribution in [-0.4, -0.2) is 11.6 Å². The quantitative estimate of drug-likeness (QED) is 0.551. The van der Waals surface area contributed by atoms with E-state index in [9.17, 15) is 18.0 Å². The summed E-state index contributed by atoms with van der Waals surface area (Å²) in [6, 6.07) is 19.4. The van der Waals surface area contributed by atoms with Crippen molar-refractivity contribution in [2.75, 3.05) is 0 Å². The van der Waals surface area contributed by atoms with Crippen molar-refractivity contribution >= 4 is 11.6 Å². The van der Waals surface area contributed by atoms with Crippen molar-refractivity contribution in [3.8, 4) is 5.75 Å². The largest absolute Gasteiger partial charge is 0.485 e. The number of fused-ring (bicyclic) bond motifs is 1. The van der Waals surface area contributed by atoms with Gasteiger partial charge < -0.3 is 4.74 Å². The molecule has 3 aromatic carbocycles. The molecular formula is C24H19F3N2O2. The van der Waals surface area contributed by atoms with E-state index in [1.54, 1.807) is 0 Å². The number of ether oxygens (including phenoxy) is 1. The van der Waals surface area contributed by atoms with Crippen molar-refractivity contribution in [1.82, 2.24) is 5.43 Å². The molecule has 7 heteroatoms. The summed E-state index contributed by atoms with van der Waals surface area (Å²) in [5, 5.41) is 4.28. The Kier molecular flexibility index (Phi) is 5.50. The van der Waals surface area contributed by atoms with Crippen LogP contribution in [0, 0.1) is 6.92 Å². The molecule has 0 saturated carbocycles. The maximum absolute atomic E-state index is 12.7. The van der Waals surface area contributed by atoms with E-state index >= 15 is 0 Å². The minimum atomic E-state index is -4.45. The molecular weight excluding hydrogens is 405 g/mol. The summed E-state index contributed by atoms with van der Waals surface area (Å²) in [6.07, 6.45) is -4.28. The van der Waals surface area contributed by atoms with E-state index in [0.29, 0.717) is 17.9 Å². The number of nitrogens with zero attached hydrogens (tertiary/aromatic N) is 1. The number of nitrogens with one attached hydrogen (secondary N) is 1. The van der Waals surface area contributed by atoms with Gasteiger partial charge in [-0.1, -0.05) is 42.0 Å². The molecule has 3 aromatic rings. The maximum Gasteiger partial charge on any atom is 0.416 e. The van der Waals surface area contributed by atoms with Gasteiger partial charge in [0.2, 0.25) is 0 Å². The Morgan fingerprint density at radius 1 is 1.00 bits per heavy atom. The summed E-state index contributed by atoms with van der Waals surface area (Å²) in [5.41, 5.74) is 5.26. The topological polar surface area (TPSA) is 50.7 Å². The zero-order chi connectivity index (χ0) is 22.0. The lowest BCUT2D eigenvalue weighted by Gasteiger charge is -2.27. The number of carbonyl (C=O) groups is 1. The molecule has 1 heterocycles. The molecule has 0 aromatic heterocycles. The average molecular weight is 424 g/mol. The van der Waals surface area contributed by atoms with Crippen LogP contribution < -0.4 is 10.2 Å². The normalized spacial score (nSPS) is 17.0. The summed E-state index contributed by atoms with van der Waals surface area (Å²) in [7, 11) is 0. The SMILES string of the molecule is Cc1ccc(C2C/C(=N\NC(=O)c3ccc(C(F)(F)F)cc3)c3ccccc3O2)cc1. The molecule has 0 radical (unpaired) electrons. The Morgan fingerprint density at radius 2 is 1.68 bits per heavy atom. The lowest BCUT2D eigenvalue weighted by atomic mass is 9.95. The van der Waals surface area contributed by atoms with Crippen LogP contribution in [0.15, 0.2) is 77.9 Å². The first kappa shape index (κ1) is 20.7. The van der Waals surface area contributed by atoms with Crippen LogP contribution in [0.3, 0.4) is 0 Å². The van der Waals surface area contributed by atoms with Crippen LogP contribution in [0.1, 0.15) is 45.1 Å². The monoisotopic (exact) mass is 424 g/mol. The molecule has 1 atom stereocenters. The van der Waals surface area contributed by atoms with Crippen LogP contribution >= 0.6 is 0 Å². The number of amides is 1. The number of hydrazone groups is 1. The molecule has 158 valence electrons. The lowest BCUT2D eigenvalue weighted by Crippen LogP contribution is -2.25. The van der Waals surface area contributed by atoms with Gasteiger partial charge in [-0.15, -0.1) is 0 Å². The van der Waals surface area contributed by atoms with Gasteiger partial charge in [0.15, 0.2) is 0 Å². The van der Waals surface area contributed by atoms with Gasteiger partial charge in [-0.3, -0.25) is 4.79 Å². The fourth-order valence-corrected chi connectivity index (χ4v) is 3.35. The third kappa shape index (κ3) is 4.60. The van der Waals surface area contributed by atoms with Gasteiger partial charge >= 0.3 is 6.18 Å². The molecule has 1 N–H and O–H groups in total. The van der Waals surface area contributed by atoms with Crippen molar-refractivity contribution in [3.63, 3.8) is 0 Å². The van der Waals surface area contributed by atoms with E-state index < -0.39 is 17.6 Å². The highest BCUT2D eigenvalue weighted by molar-refractivity contribution is 6.05. The minimum Gasteiger partial charge on any atom is -0.485 e. The van der Waals surface area contributed by atoms with Crippen LogP contribution in [0.5, 0.6) is 5.75 Å². The van der Waals surface area contributed by atoms with Gasteiger partial charge in [0.25, 0.3) is 5.91 Å². The van der Waals surface area contributed by atoms with Crippen molar-refractivity contribution in [3.05, 3.63) is 101 Å². The highest BCUT2D eigenvalue weighted by Crippen LogP contribution is 2.35. The number of hydrogen-bond acceptors (Lipinski definition) is 3. The number of benzene rings is 3. The van der Waals surface area contributed by atoms with Crippen molar-refractivity contribution in [2.24, 2.45) is 5.10 Å². The summed E-state index contributed by atoms with van der Waals surface area (Å²) in [6.45, 7) is 2.00. The van der Waals surface area contributed by atoms with Gasteiger partial charge in [0.1, 0.15) is 11.9 Å². The van der Waals surface area contributed by atoms with Crippen molar-refractivity contribution in [1.29, 1.82) is 0 Å². The molecule has 0 aliphatic carbocycles. The predicted molar refractivity (Wildman–Crippen MR) is 111 cm³/mol. The lowest BCUT2D eigenvalue weighted by molar-refractivity contribution is -0.137. The van der Waals surface area contributed by atoms with Crippen molar-refractivity contribution in [2.45, 2.75) is 25.6 Å². The van der Waals surface area contributed by atoms with Gasteiger partial charge in [-0.05, 0) is 48.9 Å². The first-order valence-corrected chi connectivity index (χ1v) is 9.68. The minimum absolute atomic E-state index is 0.0905. The third-order valence-corrected chi connectivity index (χ3v) is 5.06. The molecule has 1 aliphatic heterocycles. The fraction of sp³-hybridized carbons (Fsp3) is 0.167. The fourth-order valence-electron chi connectivity index (χ4n) is 3.35. The van der Waals surface area contributed by atoms with Gasteiger partial charge in [0.05, 0.1) is 11.3 Å². The zero-order valence-corrected chi connectivity index (χ0v) is 16.6. The number of para-hydroxylation sites is 1. The first-order chi connectivity index (χ1) is 14.8. The Labute approximate surface area is 177 Å². The number of hydrogen-bond donors (Lipinski definition) is 1. The van der Waals surface area contributed by atoms with Crippen molar-refractivity contribution < 1.29 is 22.7 Å². The molecule has 1 unspecified atom stereocenters. The molecule has 1 amide bonds. The summed E-state index contributed by atoms with van der Waals surface area (Å²) in [5.74, 6) is 0.0685. The Bertz CT molecular complexity index is 1120. The van der Waals surface area contributed by atoms with Crippen LogP contribution in [0.25, 0.3) is 0 Å². The molecule has 0 saturated heterocycles. The summed E-state index contributed by atoms with van der Waals surface area (Å²) in [4.78, 5) is 12.4. The molecule has 0 fully saturated rings. The second-order valence-corrected chi connectivity index (χ2v) is 7.29. The third-order valence-electron chi connectivity index (χ3n) is 5.06. The number of halogens is 3. The molecule has 0 bridgehead atoms. The van der Waals surface area contributed by atoms with Gasteiger partial charge in [-0.2, -0.15) is 18.3 Å². The number of alkyl halides is 3. The highest BCUT2D eigenvalue weighted by Gasteiger charge is 2.30. The molecule has 1 aliphatic rings. The van der Waals surface area contributed by atoms with E-state index in [1.807, 2.05) is 55.5 Å². The number of carbonyl (C=O) groups excluding carboxylic acids is 1. The molecule has 31 heavy (non-hydrogen) atoms. The van der Waals surface area contributed by atoms with E-state index in [-0.39, 0.29) is 11.7 Å². The second kappa shape index (κ2) is 8.26. The van der Waals surface area contributed by atoms with Gasteiger partial charge in [-0.25, -0.2) is 5.43 Å². The van der Waals surface area contributed by atoms with Crippen LogP contribution in [0.2, 0.25) is 0 Å². The Hall–Kier alpha value is -3.61. The predicted octanol–water partition coefficient (Wildman–Crippen LogP) is 5.67. The van der Waals surface area contributed by atoms with Crippen LogP contribution in [0.4, 0.5) is 13.2 Å². The summed E-state index contributed by atoms with van der Waals surface area (Å²) < 4.78 is 44.3.